The summed E-state index contributed by atoms with van der Waals surface area (Å²) in [4.78, 5) is 12.1. The summed E-state index contributed by atoms with van der Waals surface area (Å²) >= 11 is 0. The lowest BCUT2D eigenvalue weighted by molar-refractivity contribution is -0.124. The molecule has 4 atom stereocenters. The predicted molar refractivity (Wildman–Crippen MR) is 60.1 cm³/mol. The Morgan fingerprint density at radius 3 is 2.56 bits per heavy atom. The summed E-state index contributed by atoms with van der Waals surface area (Å²) in [7, 11) is 0. The topological polar surface area (TPSA) is 39.4 Å². The second-order valence-corrected chi connectivity index (χ2v) is 4.65. The molecular formula is C13H18O3. The van der Waals surface area contributed by atoms with Crippen molar-refractivity contribution in [3.05, 3.63) is 24.2 Å². The zero-order valence-electron chi connectivity index (χ0n) is 9.97. The molecule has 2 heterocycles. The van der Waals surface area contributed by atoms with Crippen LogP contribution in [0.25, 0.3) is 0 Å². The van der Waals surface area contributed by atoms with Crippen LogP contribution in [0.3, 0.4) is 0 Å². The largest absolute Gasteiger partial charge is 0.469 e. The van der Waals surface area contributed by atoms with Crippen molar-refractivity contribution in [3.8, 4) is 0 Å². The SMILES string of the molecule is CC1OC(C)C(C(=O)Cc2ccco2)C1C. The Kier molecular flexibility index (Phi) is 3.15. The number of hydrogen-bond donors (Lipinski definition) is 0. The Morgan fingerprint density at radius 1 is 1.31 bits per heavy atom. The van der Waals surface area contributed by atoms with Gasteiger partial charge in [0.05, 0.1) is 24.9 Å². The summed E-state index contributed by atoms with van der Waals surface area (Å²) in [5.41, 5.74) is 0. The van der Waals surface area contributed by atoms with Crippen LogP contribution >= 0.6 is 0 Å². The van der Waals surface area contributed by atoms with Gasteiger partial charge in [0.2, 0.25) is 0 Å². The van der Waals surface area contributed by atoms with E-state index in [9.17, 15) is 4.79 Å². The molecule has 1 aromatic rings. The second kappa shape index (κ2) is 4.42. The number of carbonyl (C=O) groups is 1. The van der Waals surface area contributed by atoms with E-state index in [1.165, 1.54) is 0 Å². The van der Waals surface area contributed by atoms with Crippen molar-refractivity contribution in [1.29, 1.82) is 0 Å². The molecule has 88 valence electrons. The molecule has 0 aromatic carbocycles. The van der Waals surface area contributed by atoms with E-state index in [1.807, 2.05) is 26.0 Å². The lowest BCUT2D eigenvalue weighted by Gasteiger charge is -2.16. The first-order chi connectivity index (χ1) is 7.59. The third-order valence-electron chi connectivity index (χ3n) is 3.54. The summed E-state index contributed by atoms with van der Waals surface area (Å²) in [5.74, 6) is 1.25. The number of rotatable bonds is 3. The Labute approximate surface area is 95.8 Å². The maximum Gasteiger partial charge on any atom is 0.146 e. The fraction of sp³-hybridized carbons (Fsp3) is 0.615. The summed E-state index contributed by atoms with van der Waals surface area (Å²) in [5, 5.41) is 0. The van der Waals surface area contributed by atoms with E-state index in [0.717, 1.165) is 5.76 Å². The molecule has 0 amide bonds. The zero-order chi connectivity index (χ0) is 11.7. The lowest BCUT2D eigenvalue weighted by Crippen LogP contribution is -2.28. The van der Waals surface area contributed by atoms with E-state index in [0.29, 0.717) is 6.42 Å². The summed E-state index contributed by atoms with van der Waals surface area (Å²) < 4.78 is 10.9. The molecule has 1 aromatic heterocycles. The lowest BCUT2D eigenvalue weighted by atomic mass is 9.84. The minimum Gasteiger partial charge on any atom is -0.469 e. The molecule has 3 nitrogen and oxygen atoms in total. The third kappa shape index (κ3) is 2.05. The fourth-order valence-electron chi connectivity index (χ4n) is 2.52. The molecule has 16 heavy (non-hydrogen) atoms. The van der Waals surface area contributed by atoms with Crippen molar-refractivity contribution in [2.75, 3.05) is 0 Å². The average molecular weight is 222 g/mol. The van der Waals surface area contributed by atoms with Gasteiger partial charge in [-0.25, -0.2) is 0 Å². The average Bonchev–Trinajstić information content (AvgIpc) is 2.77. The number of carbonyl (C=O) groups excluding carboxylic acids is 1. The van der Waals surface area contributed by atoms with Crippen LogP contribution in [0.1, 0.15) is 26.5 Å². The van der Waals surface area contributed by atoms with Crippen LogP contribution in [0, 0.1) is 11.8 Å². The minimum atomic E-state index is 0.0000926. The molecule has 0 aliphatic carbocycles. The van der Waals surface area contributed by atoms with Crippen LogP contribution < -0.4 is 0 Å². The predicted octanol–water partition coefficient (Wildman–Crippen LogP) is 2.45. The van der Waals surface area contributed by atoms with Gasteiger partial charge in [0.25, 0.3) is 0 Å². The zero-order valence-corrected chi connectivity index (χ0v) is 9.97. The summed E-state index contributed by atoms with van der Waals surface area (Å²) in [6.07, 6.45) is 2.17. The molecule has 1 saturated heterocycles. The fourth-order valence-corrected chi connectivity index (χ4v) is 2.52. The van der Waals surface area contributed by atoms with Gasteiger partial charge in [-0.05, 0) is 31.9 Å². The molecule has 4 unspecified atom stereocenters. The maximum absolute atomic E-state index is 12.1. The van der Waals surface area contributed by atoms with Gasteiger partial charge in [-0.1, -0.05) is 6.92 Å². The first-order valence-electron chi connectivity index (χ1n) is 5.80. The highest BCUT2D eigenvalue weighted by molar-refractivity contribution is 5.83. The van der Waals surface area contributed by atoms with Gasteiger partial charge in [-0.15, -0.1) is 0 Å². The number of Topliss-reactive ketones (excluding diaryl/α,β-unsaturated/α-hetero) is 1. The summed E-state index contributed by atoms with van der Waals surface area (Å²) in [6, 6.07) is 3.65. The van der Waals surface area contributed by atoms with Crippen molar-refractivity contribution >= 4 is 5.78 Å². The Bertz CT molecular complexity index is 355. The molecule has 2 rings (SSSR count). The molecule has 0 saturated carbocycles. The van der Waals surface area contributed by atoms with E-state index >= 15 is 0 Å². The molecule has 0 radical (unpaired) electrons. The van der Waals surface area contributed by atoms with Gasteiger partial charge in [0.1, 0.15) is 11.5 Å². The van der Waals surface area contributed by atoms with Crippen molar-refractivity contribution in [3.63, 3.8) is 0 Å². The second-order valence-electron chi connectivity index (χ2n) is 4.65. The molecule has 3 heteroatoms. The number of ketones is 1. The molecule has 1 fully saturated rings. The van der Waals surface area contributed by atoms with Gasteiger partial charge >= 0.3 is 0 Å². The molecule has 0 bridgehead atoms. The van der Waals surface area contributed by atoms with E-state index in [2.05, 4.69) is 6.92 Å². The van der Waals surface area contributed by atoms with E-state index in [1.54, 1.807) is 6.26 Å². The normalized spacial score (nSPS) is 34.2. The molecule has 1 aliphatic rings. The Morgan fingerprint density at radius 2 is 2.06 bits per heavy atom. The van der Waals surface area contributed by atoms with Gasteiger partial charge in [-0.2, -0.15) is 0 Å². The van der Waals surface area contributed by atoms with Gasteiger partial charge < -0.3 is 9.15 Å². The van der Waals surface area contributed by atoms with Crippen LogP contribution in [0.15, 0.2) is 22.8 Å². The van der Waals surface area contributed by atoms with Crippen LogP contribution in [0.5, 0.6) is 0 Å². The van der Waals surface area contributed by atoms with Gasteiger partial charge in [0, 0.05) is 5.92 Å². The van der Waals surface area contributed by atoms with E-state index in [-0.39, 0.29) is 29.8 Å². The smallest absolute Gasteiger partial charge is 0.146 e. The molecule has 1 aliphatic heterocycles. The van der Waals surface area contributed by atoms with Crippen LogP contribution in [-0.2, 0) is 16.0 Å². The Hall–Kier alpha value is -1.09. The quantitative estimate of drug-likeness (QED) is 0.788. The molecule has 0 spiro atoms. The van der Waals surface area contributed by atoms with Crippen molar-refractivity contribution in [2.45, 2.75) is 39.4 Å². The first kappa shape index (κ1) is 11.4. The third-order valence-corrected chi connectivity index (χ3v) is 3.54. The molecule has 0 N–H and O–H groups in total. The number of furan rings is 1. The highest BCUT2D eigenvalue weighted by atomic mass is 16.5. The van der Waals surface area contributed by atoms with E-state index < -0.39 is 0 Å². The summed E-state index contributed by atoms with van der Waals surface area (Å²) in [6.45, 7) is 6.09. The van der Waals surface area contributed by atoms with Crippen molar-refractivity contribution in [2.24, 2.45) is 11.8 Å². The van der Waals surface area contributed by atoms with Gasteiger partial charge in [0.15, 0.2) is 0 Å². The number of hydrogen-bond acceptors (Lipinski definition) is 3. The first-order valence-corrected chi connectivity index (χ1v) is 5.80. The van der Waals surface area contributed by atoms with Crippen molar-refractivity contribution < 1.29 is 13.9 Å². The van der Waals surface area contributed by atoms with Crippen LogP contribution in [0.4, 0.5) is 0 Å². The Balaban J connectivity index is 2.04. The minimum absolute atomic E-state index is 0.0000926. The van der Waals surface area contributed by atoms with Crippen LogP contribution in [0.2, 0.25) is 0 Å². The van der Waals surface area contributed by atoms with Crippen molar-refractivity contribution in [1.82, 2.24) is 0 Å². The highest BCUT2D eigenvalue weighted by Gasteiger charge is 2.41. The number of ether oxygens (including phenoxy) is 1. The van der Waals surface area contributed by atoms with E-state index in [4.69, 9.17) is 9.15 Å². The maximum atomic E-state index is 12.1. The van der Waals surface area contributed by atoms with Gasteiger partial charge in [-0.3, -0.25) is 4.79 Å². The standard InChI is InChI=1S/C13H18O3/c1-8-9(2)16-10(3)13(8)12(14)7-11-5-4-6-15-11/h4-6,8-10,13H,7H2,1-3H3. The highest BCUT2D eigenvalue weighted by Crippen LogP contribution is 2.33. The van der Waals surface area contributed by atoms with Crippen LogP contribution in [-0.4, -0.2) is 18.0 Å². The monoisotopic (exact) mass is 222 g/mol. The molecular weight excluding hydrogens is 204 g/mol.